The van der Waals surface area contributed by atoms with Gasteiger partial charge in [0.05, 0.1) is 0 Å². The molecule has 0 amide bonds. The third-order valence-electron chi connectivity index (χ3n) is 4.33. The molecule has 0 bridgehead atoms. The Balaban J connectivity index is 1.89. The average Bonchev–Trinajstić information content (AvgIpc) is 2.53. The van der Waals surface area contributed by atoms with Crippen LogP contribution >= 0.6 is 15.9 Å². The van der Waals surface area contributed by atoms with Gasteiger partial charge in [0.25, 0.3) is 0 Å². The minimum Gasteiger partial charge on any atom is -0.489 e. The molecule has 1 N–H and O–H groups in total. The van der Waals surface area contributed by atoms with E-state index in [1.54, 1.807) is 0 Å². The summed E-state index contributed by atoms with van der Waals surface area (Å²) < 4.78 is 7.35. The van der Waals surface area contributed by atoms with Gasteiger partial charge in [0, 0.05) is 28.4 Å². The van der Waals surface area contributed by atoms with E-state index in [0.717, 1.165) is 16.6 Å². The molecule has 3 atom stereocenters. The van der Waals surface area contributed by atoms with Gasteiger partial charge in [0.15, 0.2) is 0 Å². The molecule has 21 heavy (non-hydrogen) atoms. The van der Waals surface area contributed by atoms with E-state index < -0.39 is 0 Å². The second-order valence-corrected chi connectivity index (χ2v) is 6.53. The summed E-state index contributed by atoms with van der Waals surface area (Å²) in [6, 6.07) is 17.2. The zero-order valence-corrected chi connectivity index (χ0v) is 13.9. The van der Waals surface area contributed by atoms with Gasteiger partial charge in [0.1, 0.15) is 11.9 Å². The van der Waals surface area contributed by atoms with Crippen LogP contribution in [0.2, 0.25) is 0 Å². The van der Waals surface area contributed by atoms with Gasteiger partial charge < -0.3 is 10.1 Å². The fourth-order valence-corrected chi connectivity index (χ4v) is 3.36. The van der Waals surface area contributed by atoms with Crippen molar-refractivity contribution in [3.8, 4) is 5.75 Å². The van der Waals surface area contributed by atoms with Crippen molar-refractivity contribution in [1.82, 2.24) is 5.32 Å². The zero-order valence-electron chi connectivity index (χ0n) is 12.3. The second kappa shape index (κ2) is 6.20. The molecule has 0 aromatic heterocycles. The molecule has 3 unspecified atom stereocenters. The summed E-state index contributed by atoms with van der Waals surface area (Å²) in [4.78, 5) is 0. The number of hydrogen-bond donors (Lipinski definition) is 1. The standard InChI is InChI=1S/C18H20BrNO/c1-12(13-6-4-3-5-7-13)17-11-16(20-2)15-9-8-14(19)10-18(15)21-17/h3-10,12,16-17,20H,11H2,1-2H3. The number of benzene rings is 2. The Kier molecular flexibility index (Phi) is 4.32. The van der Waals surface area contributed by atoms with E-state index in [0.29, 0.717) is 12.0 Å². The Morgan fingerprint density at radius 2 is 1.95 bits per heavy atom. The fraction of sp³-hybridized carbons (Fsp3) is 0.333. The summed E-state index contributed by atoms with van der Waals surface area (Å²) in [7, 11) is 2.02. The largest absolute Gasteiger partial charge is 0.489 e. The van der Waals surface area contributed by atoms with E-state index in [4.69, 9.17) is 4.74 Å². The Labute approximate surface area is 134 Å². The lowest BCUT2D eigenvalue weighted by Gasteiger charge is -2.35. The summed E-state index contributed by atoms with van der Waals surface area (Å²) in [6.07, 6.45) is 1.17. The van der Waals surface area contributed by atoms with Crippen molar-refractivity contribution in [2.45, 2.75) is 31.4 Å². The SMILES string of the molecule is CNC1CC(C(C)c2ccccc2)Oc2cc(Br)ccc21. The van der Waals surface area contributed by atoms with Crippen LogP contribution in [0.1, 0.15) is 36.4 Å². The minimum absolute atomic E-state index is 0.187. The van der Waals surface area contributed by atoms with Gasteiger partial charge in [-0.15, -0.1) is 0 Å². The molecule has 1 aliphatic rings. The van der Waals surface area contributed by atoms with E-state index in [-0.39, 0.29) is 6.10 Å². The van der Waals surface area contributed by atoms with Gasteiger partial charge in [-0.3, -0.25) is 0 Å². The smallest absolute Gasteiger partial charge is 0.125 e. The van der Waals surface area contributed by atoms with Crippen LogP contribution in [0.5, 0.6) is 5.75 Å². The molecule has 0 saturated heterocycles. The maximum absolute atomic E-state index is 6.29. The lowest BCUT2D eigenvalue weighted by molar-refractivity contribution is 0.130. The van der Waals surface area contributed by atoms with Crippen LogP contribution in [0.15, 0.2) is 53.0 Å². The Bertz CT molecular complexity index is 614. The first-order chi connectivity index (χ1) is 10.2. The predicted molar refractivity (Wildman–Crippen MR) is 89.8 cm³/mol. The molecule has 0 fully saturated rings. The molecule has 3 heteroatoms. The summed E-state index contributed by atoms with van der Waals surface area (Å²) in [5, 5.41) is 3.42. The number of ether oxygens (including phenoxy) is 1. The minimum atomic E-state index is 0.187. The number of fused-ring (bicyclic) bond motifs is 1. The number of rotatable bonds is 3. The fourth-order valence-electron chi connectivity index (χ4n) is 3.02. The van der Waals surface area contributed by atoms with Crippen LogP contribution in [-0.4, -0.2) is 13.2 Å². The van der Waals surface area contributed by atoms with Crippen LogP contribution in [0, 0.1) is 0 Å². The summed E-state index contributed by atoms with van der Waals surface area (Å²) >= 11 is 3.53. The second-order valence-electron chi connectivity index (χ2n) is 5.61. The van der Waals surface area contributed by atoms with Crippen molar-refractivity contribution in [2.75, 3.05) is 7.05 Å². The van der Waals surface area contributed by atoms with Crippen LogP contribution in [0.25, 0.3) is 0 Å². The molecule has 110 valence electrons. The Morgan fingerprint density at radius 3 is 2.67 bits per heavy atom. The van der Waals surface area contributed by atoms with Gasteiger partial charge in [-0.2, -0.15) is 0 Å². The predicted octanol–water partition coefficient (Wildman–Crippen LogP) is 4.66. The molecular formula is C18H20BrNO. The van der Waals surface area contributed by atoms with E-state index in [1.807, 2.05) is 7.05 Å². The van der Waals surface area contributed by atoms with Gasteiger partial charge in [-0.05, 0) is 24.7 Å². The quantitative estimate of drug-likeness (QED) is 0.872. The molecule has 0 spiro atoms. The lowest BCUT2D eigenvalue weighted by atomic mass is 9.87. The topological polar surface area (TPSA) is 21.3 Å². The summed E-state index contributed by atoms with van der Waals surface area (Å²) in [5.74, 6) is 1.36. The third-order valence-corrected chi connectivity index (χ3v) is 4.82. The van der Waals surface area contributed by atoms with Gasteiger partial charge in [0.2, 0.25) is 0 Å². The number of nitrogens with one attached hydrogen (secondary N) is 1. The van der Waals surface area contributed by atoms with Crippen molar-refractivity contribution in [1.29, 1.82) is 0 Å². The number of hydrogen-bond acceptors (Lipinski definition) is 2. The maximum atomic E-state index is 6.29. The molecule has 1 heterocycles. The highest BCUT2D eigenvalue weighted by molar-refractivity contribution is 9.10. The summed E-state index contributed by atoms with van der Waals surface area (Å²) in [5.41, 5.74) is 2.58. The summed E-state index contributed by atoms with van der Waals surface area (Å²) in [6.45, 7) is 2.25. The van der Waals surface area contributed by atoms with Crippen molar-refractivity contribution >= 4 is 15.9 Å². The van der Waals surface area contributed by atoms with Gasteiger partial charge in [-0.25, -0.2) is 0 Å². The van der Waals surface area contributed by atoms with Crippen molar-refractivity contribution in [3.63, 3.8) is 0 Å². The van der Waals surface area contributed by atoms with Crippen molar-refractivity contribution < 1.29 is 4.74 Å². The monoisotopic (exact) mass is 345 g/mol. The van der Waals surface area contributed by atoms with Crippen molar-refractivity contribution in [2.24, 2.45) is 0 Å². The Morgan fingerprint density at radius 1 is 1.19 bits per heavy atom. The molecule has 1 aliphatic heterocycles. The van der Waals surface area contributed by atoms with E-state index >= 15 is 0 Å². The molecule has 2 aromatic carbocycles. The first-order valence-electron chi connectivity index (χ1n) is 7.37. The first kappa shape index (κ1) is 14.6. The lowest BCUT2D eigenvalue weighted by Crippen LogP contribution is -2.34. The zero-order chi connectivity index (χ0) is 14.8. The van der Waals surface area contributed by atoms with Crippen LogP contribution in [-0.2, 0) is 0 Å². The van der Waals surface area contributed by atoms with Crippen LogP contribution in [0.4, 0.5) is 0 Å². The van der Waals surface area contributed by atoms with Crippen molar-refractivity contribution in [3.05, 3.63) is 64.1 Å². The van der Waals surface area contributed by atoms with Gasteiger partial charge >= 0.3 is 0 Å². The molecule has 2 nitrogen and oxygen atoms in total. The van der Waals surface area contributed by atoms with E-state index in [9.17, 15) is 0 Å². The Hall–Kier alpha value is -1.32. The number of halogens is 1. The molecular weight excluding hydrogens is 326 g/mol. The molecule has 2 aromatic rings. The highest BCUT2D eigenvalue weighted by atomic mass is 79.9. The first-order valence-corrected chi connectivity index (χ1v) is 8.16. The van der Waals surface area contributed by atoms with Gasteiger partial charge in [-0.1, -0.05) is 59.3 Å². The average molecular weight is 346 g/mol. The highest BCUT2D eigenvalue weighted by Gasteiger charge is 2.31. The molecule has 0 saturated carbocycles. The third kappa shape index (κ3) is 2.99. The highest BCUT2D eigenvalue weighted by Crippen LogP contribution is 2.40. The van der Waals surface area contributed by atoms with E-state index in [2.05, 4.69) is 76.7 Å². The molecule has 0 aliphatic carbocycles. The maximum Gasteiger partial charge on any atom is 0.125 e. The molecule has 0 radical (unpaired) electrons. The van der Waals surface area contributed by atoms with E-state index in [1.165, 1.54) is 11.1 Å². The molecule has 3 rings (SSSR count). The van der Waals surface area contributed by atoms with Crippen LogP contribution < -0.4 is 10.1 Å². The normalized spacial score (nSPS) is 22.2. The van der Waals surface area contributed by atoms with Crippen LogP contribution in [0.3, 0.4) is 0 Å².